The lowest BCUT2D eigenvalue weighted by molar-refractivity contribution is -0.203. The number of fused-ring (bicyclic) bond motifs is 2. The predicted octanol–water partition coefficient (Wildman–Crippen LogP) is 3.02. The first-order chi connectivity index (χ1) is 8.35. The van der Waals surface area contributed by atoms with Gasteiger partial charge in [0.25, 0.3) is 0 Å². The topological polar surface area (TPSA) is 27.7 Å². The average Bonchev–Trinajstić information content (AvgIpc) is 2.50. The van der Waals surface area contributed by atoms with E-state index in [1.54, 1.807) is 14.2 Å². The molecule has 2 bridgehead atoms. The molecule has 0 saturated carbocycles. The van der Waals surface area contributed by atoms with Gasteiger partial charge in [0.05, 0.1) is 24.4 Å². The van der Waals surface area contributed by atoms with Gasteiger partial charge in [0.15, 0.2) is 0 Å². The van der Waals surface area contributed by atoms with Gasteiger partial charge in [-0.15, -0.1) is 0 Å². The summed E-state index contributed by atoms with van der Waals surface area (Å²) in [5, 5.41) is 0. The molecule has 3 heteroatoms. The Morgan fingerprint density at radius 3 is 1.78 bits per heavy atom. The normalized spacial score (nSPS) is 40.2. The van der Waals surface area contributed by atoms with Gasteiger partial charge in [-0.25, -0.2) is 0 Å². The van der Waals surface area contributed by atoms with Crippen LogP contribution < -0.4 is 0 Å². The Balaban J connectivity index is 2.21. The van der Waals surface area contributed by atoms with Gasteiger partial charge < -0.3 is 14.2 Å². The number of methoxy groups -OCH3 is 2. The minimum absolute atomic E-state index is 0.0660. The van der Waals surface area contributed by atoms with E-state index in [4.69, 9.17) is 14.2 Å². The van der Waals surface area contributed by atoms with Gasteiger partial charge in [-0.2, -0.15) is 0 Å². The first kappa shape index (κ1) is 14.3. The quantitative estimate of drug-likeness (QED) is 0.774. The standard InChI is InChI=1S/C15H28O3/c1-13(2,3)12-8-14(10-16-4)6-7-15(9-12,18-14)11-17-5/h12H,6-11H2,1-5H3/t12-,14-,15+. The molecule has 0 N–H and O–H groups in total. The van der Waals surface area contributed by atoms with Crippen molar-refractivity contribution in [2.75, 3.05) is 27.4 Å². The summed E-state index contributed by atoms with van der Waals surface area (Å²) >= 11 is 0. The molecule has 0 aliphatic carbocycles. The SMILES string of the molecule is COC[C@@]12CC[C@@](COC)(C[C@H](C(C)(C)C)C1)O2. The molecular weight excluding hydrogens is 228 g/mol. The van der Waals surface area contributed by atoms with Crippen LogP contribution in [0.4, 0.5) is 0 Å². The van der Waals surface area contributed by atoms with Crippen molar-refractivity contribution in [1.82, 2.24) is 0 Å². The highest BCUT2D eigenvalue weighted by molar-refractivity contribution is 5.06. The Kier molecular flexibility index (Phi) is 3.79. The molecule has 18 heavy (non-hydrogen) atoms. The molecule has 2 aliphatic heterocycles. The van der Waals surface area contributed by atoms with Gasteiger partial charge in [0.2, 0.25) is 0 Å². The molecule has 0 spiro atoms. The van der Waals surface area contributed by atoms with Crippen LogP contribution in [0.2, 0.25) is 0 Å². The molecule has 2 saturated heterocycles. The van der Waals surface area contributed by atoms with Crippen LogP contribution in [0.3, 0.4) is 0 Å². The van der Waals surface area contributed by atoms with Crippen LogP contribution in [-0.2, 0) is 14.2 Å². The molecule has 3 nitrogen and oxygen atoms in total. The summed E-state index contributed by atoms with van der Waals surface area (Å²) in [7, 11) is 3.55. The molecule has 2 rings (SSSR count). The zero-order valence-corrected chi connectivity index (χ0v) is 12.5. The highest BCUT2D eigenvalue weighted by Gasteiger charge is 2.56. The number of rotatable bonds is 4. The van der Waals surface area contributed by atoms with Gasteiger partial charge in [-0.05, 0) is 37.0 Å². The number of hydrogen-bond acceptors (Lipinski definition) is 3. The van der Waals surface area contributed by atoms with E-state index in [-0.39, 0.29) is 11.2 Å². The Morgan fingerprint density at radius 1 is 1.00 bits per heavy atom. The third-order valence-corrected chi connectivity index (χ3v) is 4.75. The number of ether oxygens (including phenoxy) is 3. The average molecular weight is 256 g/mol. The van der Waals surface area contributed by atoms with Gasteiger partial charge in [-0.3, -0.25) is 0 Å². The molecule has 0 radical (unpaired) electrons. The summed E-state index contributed by atoms with van der Waals surface area (Å²) < 4.78 is 17.3. The summed E-state index contributed by atoms with van der Waals surface area (Å²) in [6.07, 6.45) is 4.46. The van der Waals surface area contributed by atoms with E-state index in [2.05, 4.69) is 20.8 Å². The van der Waals surface area contributed by atoms with Crippen molar-refractivity contribution in [3.05, 3.63) is 0 Å². The predicted molar refractivity (Wildman–Crippen MR) is 71.7 cm³/mol. The second-order valence-corrected chi connectivity index (χ2v) is 7.31. The maximum absolute atomic E-state index is 6.43. The Morgan fingerprint density at radius 2 is 1.44 bits per heavy atom. The third-order valence-electron chi connectivity index (χ3n) is 4.75. The van der Waals surface area contributed by atoms with Gasteiger partial charge in [0.1, 0.15) is 0 Å². The smallest absolute Gasteiger partial charge is 0.0927 e. The highest BCUT2D eigenvalue weighted by atomic mass is 16.6. The Bertz CT molecular complexity index is 275. The first-order valence-electron chi connectivity index (χ1n) is 7.03. The van der Waals surface area contributed by atoms with Crippen LogP contribution in [0.5, 0.6) is 0 Å². The van der Waals surface area contributed by atoms with Crippen LogP contribution in [0.25, 0.3) is 0 Å². The summed E-state index contributed by atoms with van der Waals surface area (Å²) in [4.78, 5) is 0. The van der Waals surface area contributed by atoms with Gasteiger partial charge >= 0.3 is 0 Å². The molecule has 0 aromatic heterocycles. The van der Waals surface area contributed by atoms with Crippen LogP contribution in [0, 0.1) is 11.3 Å². The fourth-order valence-corrected chi connectivity index (χ4v) is 3.73. The maximum atomic E-state index is 6.43. The van der Waals surface area contributed by atoms with E-state index >= 15 is 0 Å². The molecule has 3 atom stereocenters. The largest absolute Gasteiger partial charge is 0.382 e. The summed E-state index contributed by atoms with van der Waals surface area (Å²) in [6, 6.07) is 0. The summed E-state index contributed by atoms with van der Waals surface area (Å²) in [5.41, 5.74) is 0.194. The molecule has 106 valence electrons. The molecular formula is C15H28O3. The minimum atomic E-state index is -0.0660. The lowest BCUT2D eigenvalue weighted by Gasteiger charge is -2.47. The van der Waals surface area contributed by atoms with E-state index in [0.29, 0.717) is 24.5 Å². The Labute approximate surface area is 111 Å². The fourth-order valence-electron chi connectivity index (χ4n) is 3.73. The molecule has 2 aliphatic rings. The van der Waals surface area contributed by atoms with Crippen molar-refractivity contribution in [1.29, 1.82) is 0 Å². The van der Waals surface area contributed by atoms with E-state index in [1.165, 1.54) is 0 Å². The molecule has 0 unspecified atom stereocenters. The van der Waals surface area contributed by atoms with Crippen LogP contribution in [0.1, 0.15) is 46.5 Å². The molecule has 0 aromatic rings. The van der Waals surface area contributed by atoms with E-state index in [1.807, 2.05) is 0 Å². The van der Waals surface area contributed by atoms with Crippen molar-refractivity contribution >= 4 is 0 Å². The third kappa shape index (κ3) is 2.59. The van der Waals surface area contributed by atoms with Gasteiger partial charge in [-0.1, -0.05) is 20.8 Å². The van der Waals surface area contributed by atoms with Crippen molar-refractivity contribution in [2.45, 2.75) is 57.7 Å². The highest BCUT2D eigenvalue weighted by Crippen LogP contribution is 2.54. The zero-order valence-electron chi connectivity index (χ0n) is 12.5. The second-order valence-electron chi connectivity index (χ2n) is 7.31. The van der Waals surface area contributed by atoms with E-state index in [0.717, 1.165) is 25.7 Å². The van der Waals surface area contributed by atoms with Crippen LogP contribution >= 0.6 is 0 Å². The van der Waals surface area contributed by atoms with E-state index in [9.17, 15) is 0 Å². The molecule has 2 fully saturated rings. The van der Waals surface area contributed by atoms with Crippen molar-refractivity contribution in [3.8, 4) is 0 Å². The fraction of sp³-hybridized carbons (Fsp3) is 1.00. The molecule has 2 heterocycles. The van der Waals surface area contributed by atoms with E-state index < -0.39 is 0 Å². The van der Waals surface area contributed by atoms with Crippen molar-refractivity contribution in [3.63, 3.8) is 0 Å². The summed E-state index contributed by atoms with van der Waals surface area (Å²) in [5.74, 6) is 0.680. The summed E-state index contributed by atoms with van der Waals surface area (Å²) in [6.45, 7) is 8.44. The number of hydrogen-bond donors (Lipinski definition) is 0. The molecule has 0 amide bonds. The Hall–Kier alpha value is -0.120. The minimum Gasteiger partial charge on any atom is -0.382 e. The van der Waals surface area contributed by atoms with Crippen LogP contribution in [-0.4, -0.2) is 38.6 Å². The lowest BCUT2D eigenvalue weighted by atomic mass is 9.70. The van der Waals surface area contributed by atoms with Crippen molar-refractivity contribution < 1.29 is 14.2 Å². The second kappa shape index (κ2) is 4.77. The first-order valence-corrected chi connectivity index (χ1v) is 7.03. The van der Waals surface area contributed by atoms with Gasteiger partial charge in [0, 0.05) is 14.2 Å². The maximum Gasteiger partial charge on any atom is 0.0927 e. The van der Waals surface area contributed by atoms with Crippen molar-refractivity contribution in [2.24, 2.45) is 11.3 Å². The zero-order chi connectivity index (χ0) is 13.4. The molecule has 0 aromatic carbocycles. The monoisotopic (exact) mass is 256 g/mol. The van der Waals surface area contributed by atoms with Crippen LogP contribution in [0.15, 0.2) is 0 Å². The lowest BCUT2D eigenvalue weighted by Crippen LogP contribution is -2.51.